The van der Waals surface area contributed by atoms with Crippen LogP contribution in [0.3, 0.4) is 0 Å². The molecule has 2 aromatic rings. The average Bonchev–Trinajstić information content (AvgIpc) is 2.66. The number of benzene rings is 2. The molecular weight excluding hydrogens is 455 g/mol. The zero-order valence-corrected chi connectivity index (χ0v) is 19.2. The van der Waals surface area contributed by atoms with Gasteiger partial charge in [-0.05, 0) is 56.2 Å². The van der Waals surface area contributed by atoms with Crippen LogP contribution in [0, 0.1) is 5.82 Å². The fourth-order valence-electron chi connectivity index (χ4n) is 2.74. The van der Waals surface area contributed by atoms with Gasteiger partial charge in [-0.1, -0.05) is 40.2 Å². The van der Waals surface area contributed by atoms with Crippen LogP contribution >= 0.6 is 27.7 Å². The molecular formula is C22H26BrFN2O2S. The third-order valence-corrected chi connectivity index (χ3v) is 5.73. The van der Waals surface area contributed by atoms with Gasteiger partial charge in [0.15, 0.2) is 0 Å². The van der Waals surface area contributed by atoms with E-state index in [-0.39, 0.29) is 29.4 Å². The summed E-state index contributed by atoms with van der Waals surface area (Å²) in [6.07, 6.45) is 0. The predicted octanol–water partition coefficient (Wildman–Crippen LogP) is 4.76. The van der Waals surface area contributed by atoms with Crippen molar-refractivity contribution < 1.29 is 14.0 Å². The van der Waals surface area contributed by atoms with E-state index in [1.54, 1.807) is 24.0 Å². The lowest BCUT2D eigenvalue weighted by Crippen LogP contribution is -2.49. The molecule has 7 heteroatoms. The zero-order chi connectivity index (χ0) is 21.4. The number of carbonyl (C=O) groups excluding carboxylic acids is 2. The molecule has 4 nitrogen and oxygen atoms in total. The van der Waals surface area contributed by atoms with Crippen molar-refractivity contribution in [3.05, 3.63) is 69.9 Å². The van der Waals surface area contributed by atoms with Crippen LogP contribution in [0.2, 0.25) is 0 Å². The first-order chi connectivity index (χ1) is 13.8. The standard InChI is InChI=1S/C22H26BrFN2O2S/c1-15(2)25-22(28)16(3)26(12-18-5-4-6-19(23)11-18)21(27)14-29-13-17-7-9-20(24)10-8-17/h4-11,15-16H,12-14H2,1-3H3,(H,25,28)/t16-/m1/s1. The molecule has 0 aromatic heterocycles. The lowest BCUT2D eigenvalue weighted by Gasteiger charge is -2.29. The van der Waals surface area contributed by atoms with Crippen molar-refractivity contribution in [1.82, 2.24) is 10.2 Å². The third kappa shape index (κ3) is 7.82. The highest BCUT2D eigenvalue weighted by Crippen LogP contribution is 2.18. The van der Waals surface area contributed by atoms with E-state index in [0.717, 1.165) is 15.6 Å². The molecule has 0 aliphatic rings. The molecule has 0 aliphatic carbocycles. The smallest absolute Gasteiger partial charge is 0.242 e. The Morgan fingerprint density at radius 2 is 1.79 bits per heavy atom. The first kappa shape index (κ1) is 23.4. The lowest BCUT2D eigenvalue weighted by molar-refractivity contribution is -0.138. The molecule has 0 saturated carbocycles. The molecule has 29 heavy (non-hydrogen) atoms. The number of hydrogen-bond donors (Lipinski definition) is 1. The van der Waals surface area contributed by atoms with Gasteiger partial charge >= 0.3 is 0 Å². The van der Waals surface area contributed by atoms with Crippen molar-refractivity contribution in [3.63, 3.8) is 0 Å². The molecule has 0 heterocycles. The van der Waals surface area contributed by atoms with Crippen molar-refractivity contribution in [2.24, 2.45) is 0 Å². The molecule has 156 valence electrons. The summed E-state index contributed by atoms with van der Waals surface area (Å²) in [7, 11) is 0. The first-order valence-electron chi connectivity index (χ1n) is 9.42. The molecule has 2 rings (SSSR count). The highest BCUT2D eigenvalue weighted by molar-refractivity contribution is 9.10. The van der Waals surface area contributed by atoms with Crippen LogP contribution in [0.1, 0.15) is 31.9 Å². The molecule has 0 saturated heterocycles. The van der Waals surface area contributed by atoms with E-state index in [4.69, 9.17) is 0 Å². The maximum absolute atomic E-state index is 13.0. The van der Waals surface area contributed by atoms with Crippen molar-refractivity contribution in [3.8, 4) is 0 Å². The normalized spacial score (nSPS) is 11.9. The first-order valence-corrected chi connectivity index (χ1v) is 11.4. The summed E-state index contributed by atoms with van der Waals surface area (Å²) in [6.45, 7) is 5.88. The van der Waals surface area contributed by atoms with Gasteiger partial charge in [-0.2, -0.15) is 0 Å². The van der Waals surface area contributed by atoms with E-state index in [1.165, 1.54) is 23.9 Å². The average molecular weight is 481 g/mol. The topological polar surface area (TPSA) is 49.4 Å². The van der Waals surface area contributed by atoms with Gasteiger partial charge in [-0.3, -0.25) is 9.59 Å². The van der Waals surface area contributed by atoms with Crippen molar-refractivity contribution in [2.45, 2.75) is 45.2 Å². The summed E-state index contributed by atoms with van der Waals surface area (Å²) in [5.41, 5.74) is 1.90. The second-order valence-electron chi connectivity index (χ2n) is 7.11. The Bertz CT molecular complexity index is 830. The molecule has 2 aromatic carbocycles. The molecule has 1 atom stereocenters. The van der Waals surface area contributed by atoms with Crippen molar-refractivity contribution in [2.75, 3.05) is 5.75 Å². The van der Waals surface area contributed by atoms with Gasteiger partial charge in [0.25, 0.3) is 0 Å². The monoisotopic (exact) mass is 480 g/mol. The quantitative estimate of drug-likeness (QED) is 0.562. The summed E-state index contributed by atoms with van der Waals surface area (Å²) >= 11 is 4.90. The van der Waals surface area contributed by atoms with Gasteiger partial charge in [0.1, 0.15) is 11.9 Å². The SMILES string of the molecule is CC(C)NC(=O)[C@@H](C)N(Cc1cccc(Br)c1)C(=O)CSCc1ccc(F)cc1. The van der Waals surface area contributed by atoms with Crippen LogP contribution < -0.4 is 5.32 Å². The Kier molecular flexibility index (Phi) is 9.17. The van der Waals surface area contributed by atoms with Gasteiger partial charge in [0, 0.05) is 22.8 Å². The number of thioether (sulfide) groups is 1. The van der Waals surface area contributed by atoms with Gasteiger partial charge < -0.3 is 10.2 Å². The maximum atomic E-state index is 13.0. The van der Waals surface area contributed by atoms with Crippen molar-refractivity contribution in [1.29, 1.82) is 0 Å². The molecule has 0 radical (unpaired) electrons. The van der Waals surface area contributed by atoms with Crippen molar-refractivity contribution >= 4 is 39.5 Å². The summed E-state index contributed by atoms with van der Waals surface area (Å²) in [5.74, 6) is 0.281. The van der Waals surface area contributed by atoms with Crippen LogP contribution in [0.25, 0.3) is 0 Å². The largest absolute Gasteiger partial charge is 0.352 e. The highest BCUT2D eigenvalue weighted by atomic mass is 79.9. The number of rotatable bonds is 9. The van der Waals surface area contributed by atoms with E-state index >= 15 is 0 Å². The zero-order valence-electron chi connectivity index (χ0n) is 16.8. The molecule has 0 bridgehead atoms. The van der Waals surface area contributed by atoms with Crippen LogP contribution in [-0.2, 0) is 21.9 Å². The van der Waals surface area contributed by atoms with Crippen LogP contribution in [0.15, 0.2) is 53.0 Å². The molecule has 2 amide bonds. The summed E-state index contributed by atoms with van der Waals surface area (Å²) in [6, 6.07) is 13.4. The summed E-state index contributed by atoms with van der Waals surface area (Å²) < 4.78 is 13.9. The number of nitrogens with one attached hydrogen (secondary N) is 1. The highest BCUT2D eigenvalue weighted by Gasteiger charge is 2.26. The Balaban J connectivity index is 2.06. The maximum Gasteiger partial charge on any atom is 0.242 e. The Morgan fingerprint density at radius 1 is 1.10 bits per heavy atom. The molecule has 0 spiro atoms. The molecule has 1 N–H and O–H groups in total. The molecule has 0 fully saturated rings. The second-order valence-corrected chi connectivity index (χ2v) is 9.01. The van der Waals surface area contributed by atoms with Gasteiger partial charge in [-0.25, -0.2) is 4.39 Å². The van der Waals surface area contributed by atoms with E-state index in [2.05, 4.69) is 21.2 Å². The summed E-state index contributed by atoms with van der Waals surface area (Å²) in [5, 5.41) is 2.88. The Labute approximate surface area is 184 Å². The fraction of sp³-hybridized carbons (Fsp3) is 0.364. The third-order valence-electron chi connectivity index (χ3n) is 4.25. The Hall–Kier alpha value is -1.86. The molecule has 0 unspecified atom stereocenters. The Morgan fingerprint density at radius 3 is 2.41 bits per heavy atom. The number of nitrogens with zero attached hydrogens (tertiary/aromatic N) is 1. The van der Waals surface area contributed by atoms with E-state index in [9.17, 15) is 14.0 Å². The fourth-order valence-corrected chi connectivity index (χ4v) is 4.06. The van der Waals surface area contributed by atoms with Crippen LogP contribution in [-0.4, -0.2) is 34.6 Å². The number of carbonyl (C=O) groups is 2. The lowest BCUT2D eigenvalue weighted by atomic mass is 10.1. The van der Waals surface area contributed by atoms with E-state index in [1.807, 2.05) is 38.1 Å². The number of halogens is 2. The van der Waals surface area contributed by atoms with Crippen LogP contribution in [0.4, 0.5) is 4.39 Å². The second kappa shape index (κ2) is 11.4. The molecule has 0 aliphatic heterocycles. The van der Waals surface area contributed by atoms with E-state index in [0.29, 0.717) is 12.3 Å². The van der Waals surface area contributed by atoms with Gasteiger partial charge in [0.2, 0.25) is 11.8 Å². The van der Waals surface area contributed by atoms with E-state index < -0.39 is 6.04 Å². The minimum atomic E-state index is -0.588. The number of amides is 2. The van der Waals surface area contributed by atoms with Crippen LogP contribution in [0.5, 0.6) is 0 Å². The summed E-state index contributed by atoms with van der Waals surface area (Å²) in [4.78, 5) is 27.1. The number of hydrogen-bond acceptors (Lipinski definition) is 3. The predicted molar refractivity (Wildman–Crippen MR) is 120 cm³/mol. The minimum absolute atomic E-state index is 0.000577. The van der Waals surface area contributed by atoms with Gasteiger partial charge in [0.05, 0.1) is 5.75 Å². The van der Waals surface area contributed by atoms with Gasteiger partial charge in [-0.15, -0.1) is 11.8 Å². The minimum Gasteiger partial charge on any atom is -0.352 e.